The maximum Gasteiger partial charge on any atom is 1.00 e. The monoisotopic (exact) mass is 184 g/mol. The van der Waals surface area contributed by atoms with Crippen molar-refractivity contribution in [2.45, 2.75) is 0 Å². The number of halogens is 1. The topological polar surface area (TPSA) is 80.3 Å². The summed E-state index contributed by atoms with van der Waals surface area (Å²) in [6.45, 7) is 0. The Balaban J connectivity index is -0.0000000133. The Morgan fingerprint density at radius 1 is 0.889 bits per heavy atom. The van der Waals surface area contributed by atoms with Gasteiger partial charge in [0.25, 0.3) is 0 Å². The number of hydrogen-bond acceptors (Lipinski definition) is 4. The van der Waals surface area contributed by atoms with Crippen molar-refractivity contribution in [3.8, 4) is 0 Å². The Kier molecular flexibility index (Phi) is 44.3. The van der Waals surface area contributed by atoms with Crippen LogP contribution in [0, 0.1) is 0 Å². The molecule has 0 fully saturated rings. The van der Waals surface area contributed by atoms with E-state index in [4.69, 9.17) is 17.5 Å². The second-order valence-corrected chi connectivity index (χ2v) is 1.22. The van der Waals surface area contributed by atoms with Crippen LogP contribution in [-0.2, 0) is 10.4 Å². The van der Waals surface area contributed by atoms with Crippen LogP contribution in [0.2, 0.25) is 0 Å². The van der Waals surface area contributed by atoms with Gasteiger partial charge < -0.3 is 13.8 Å². The molecular weight excluding hydrogens is 184 g/mol. The molecule has 0 saturated heterocycles. The van der Waals surface area contributed by atoms with Crippen molar-refractivity contribution < 1.29 is 111 Å². The van der Waals surface area contributed by atoms with Crippen molar-refractivity contribution in [3.63, 3.8) is 0 Å². The molecule has 0 amide bonds. The summed E-state index contributed by atoms with van der Waals surface area (Å²) >= 11 is 0. The van der Waals surface area contributed by atoms with Gasteiger partial charge >= 0.3 is 88.7 Å². The van der Waals surface area contributed by atoms with Crippen molar-refractivity contribution in [1.29, 1.82) is 0 Å². The molecule has 0 unspecified atom stereocenters. The van der Waals surface area contributed by atoms with E-state index in [1.165, 1.54) is 0 Å². The predicted octanol–water partition coefficient (Wildman–Crippen LogP) is -13.3. The third-order valence-electron chi connectivity index (χ3n) is 0. The van der Waals surface area contributed by atoms with E-state index in [-0.39, 0.29) is 93.4 Å². The third-order valence-corrected chi connectivity index (χ3v) is 0. The van der Waals surface area contributed by atoms with E-state index < -0.39 is 10.4 Å². The van der Waals surface area contributed by atoms with Crippen LogP contribution in [0.4, 0.5) is 0 Å². The van der Waals surface area contributed by atoms with E-state index >= 15 is 0 Å². The largest absolute Gasteiger partial charge is 1.00 e. The third kappa shape index (κ3) is 107. The minimum atomic E-state index is -5.17. The molecule has 0 spiro atoms. The van der Waals surface area contributed by atoms with Gasteiger partial charge in [0.05, 0.1) is 0 Å². The number of hydrogen-bond donors (Lipinski definition) is 0. The van der Waals surface area contributed by atoms with Crippen LogP contribution in [0.3, 0.4) is 0 Å². The molecule has 0 aliphatic carbocycles. The molecule has 0 aromatic heterocycles. The smallest absolute Gasteiger partial charge is 1.00 e. The van der Waals surface area contributed by atoms with E-state index in [0.29, 0.717) is 0 Å². The Morgan fingerprint density at radius 2 is 0.889 bits per heavy atom. The fourth-order valence-corrected chi connectivity index (χ4v) is 0. The first-order chi connectivity index (χ1) is 2.00. The van der Waals surface area contributed by atoms with Gasteiger partial charge in [0.1, 0.15) is 0 Å². The molecule has 9 heavy (non-hydrogen) atoms. The average molecular weight is 184 g/mol. The predicted molar refractivity (Wildman–Crippen MR) is 10.5 cm³/mol. The standard InChI is InChI=1S/FH.3Na.H2O4S/c;;;;1-5(2,3)4/h1H;;;;(H2,1,2,3,4)/q;3*+1;/p-3. The molecule has 0 rings (SSSR count). The first kappa shape index (κ1) is 29.8. The van der Waals surface area contributed by atoms with Crippen LogP contribution >= 0.6 is 0 Å². The normalized spacial score (nSPS) is 6.44. The van der Waals surface area contributed by atoms with Gasteiger partial charge in [-0.1, -0.05) is 0 Å². The summed E-state index contributed by atoms with van der Waals surface area (Å²) < 4.78 is 34.1. The van der Waals surface area contributed by atoms with E-state index in [1.54, 1.807) is 0 Å². The van der Waals surface area contributed by atoms with Crippen LogP contribution in [0.15, 0.2) is 0 Å². The van der Waals surface area contributed by atoms with Gasteiger partial charge in [-0.2, -0.15) is 0 Å². The minimum absolute atomic E-state index is 0. The van der Waals surface area contributed by atoms with Crippen LogP contribution in [0.1, 0.15) is 0 Å². The van der Waals surface area contributed by atoms with E-state index in [1.807, 2.05) is 0 Å². The summed E-state index contributed by atoms with van der Waals surface area (Å²) in [5.74, 6) is 0. The van der Waals surface area contributed by atoms with Crippen LogP contribution < -0.4 is 93.4 Å². The quantitative estimate of drug-likeness (QED) is 0.212. The molecule has 0 saturated carbocycles. The molecule has 40 valence electrons. The molecule has 0 aliphatic heterocycles. The molecule has 0 aromatic rings. The molecule has 0 bridgehead atoms. The molecule has 0 aromatic carbocycles. The summed E-state index contributed by atoms with van der Waals surface area (Å²) in [5, 5.41) is 0. The van der Waals surface area contributed by atoms with Crippen LogP contribution in [0.25, 0.3) is 0 Å². The summed E-state index contributed by atoms with van der Waals surface area (Å²) in [5.41, 5.74) is 0. The first-order valence-electron chi connectivity index (χ1n) is 0.667. The van der Waals surface area contributed by atoms with Crippen molar-refractivity contribution in [1.82, 2.24) is 0 Å². The molecular formula is FNa3O4S. The molecule has 9 heteroatoms. The molecule has 0 atom stereocenters. The average Bonchev–Trinajstić information content (AvgIpc) is 0.722. The van der Waals surface area contributed by atoms with E-state index in [2.05, 4.69) is 0 Å². The van der Waals surface area contributed by atoms with Gasteiger partial charge in [0, 0.05) is 10.4 Å². The first-order valence-corrected chi connectivity index (χ1v) is 2.00. The van der Waals surface area contributed by atoms with Crippen LogP contribution in [-0.4, -0.2) is 17.5 Å². The summed E-state index contributed by atoms with van der Waals surface area (Å²) in [6, 6.07) is 0. The van der Waals surface area contributed by atoms with Gasteiger partial charge in [-0.3, -0.25) is 8.42 Å². The molecule has 0 heterocycles. The van der Waals surface area contributed by atoms with Crippen molar-refractivity contribution in [3.05, 3.63) is 0 Å². The Labute approximate surface area is 119 Å². The molecule has 4 nitrogen and oxygen atoms in total. The molecule has 0 radical (unpaired) electrons. The van der Waals surface area contributed by atoms with Crippen molar-refractivity contribution in [2.75, 3.05) is 0 Å². The molecule has 0 aliphatic rings. The van der Waals surface area contributed by atoms with Crippen molar-refractivity contribution >= 4 is 10.4 Å². The zero-order valence-corrected chi connectivity index (χ0v) is 12.2. The SMILES string of the molecule is O=S(=O)([O-])[O-].[F-].[Na+].[Na+].[Na+]. The maximum absolute atomic E-state index is 8.52. The van der Waals surface area contributed by atoms with Gasteiger partial charge in [0.2, 0.25) is 0 Å². The second-order valence-electron chi connectivity index (χ2n) is 0.408. The van der Waals surface area contributed by atoms with Crippen molar-refractivity contribution in [2.24, 2.45) is 0 Å². The minimum Gasteiger partial charge on any atom is -1.00 e. The Bertz CT molecular complexity index is 99.0. The zero-order chi connectivity index (χ0) is 4.50. The van der Waals surface area contributed by atoms with E-state index in [0.717, 1.165) is 0 Å². The summed E-state index contributed by atoms with van der Waals surface area (Å²) in [6.07, 6.45) is 0. The van der Waals surface area contributed by atoms with Gasteiger partial charge in [-0.05, 0) is 0 Å². The Hall–Kier alpha value is 2.80. The van der Waals surface area contributed by atoms with Gasteiger partial charge in [0.15, 0.2) is 0 Å². The Morgan fingerprint density at radius 3 is 0.889 bits per heavy atom. The van der Waals surface area contributed by atoms with E-state index in [9.17, 15) is 0 Å². The fraction of sp³-hybridized carbons (Fsp3) is 0. The summed E-state index contributed by atoms with van der Waals surface area (Å²) in [7, 11) is -5.17. The van der Waals surface area contributed by atoms with Gasteiger partial charge in [-0.15, -0.1) is 0 Å². The number of rotatable bonds is 0. The zero-order valence-electron chi connectivity index (χ0n) is 5.42. The fourth-order valence-electron chi connectivity index (χ4n) is 0. The van der Waals surface area contributed by atoms with Gasteiger partial charge in [-0.25, -0.2) is 0 Å². The van der Waals surface area contributed by atoms with Crippen LogP contribution in [0.5, 0.6) is 0 Å². The molecule has 0 N–H and O–H groups in total. The maximum atomic E-state index is 8.52. The second kappa shape index (κ2) is 13.4. The summed E-state index contributed by atoms with van der Waals surface area (Å²) in [4.78, 5) is 0.